The van der Waals surface area contributed by atoms with Gasteiger partial charge in [0.2, 0.25) is 0 Å². The number of benzene rings is 2. The fraction of sp³-hybridized carbons (Fsp3) is 0.188. The zero-order valence-electron chi connectivity index (χ0n) is 10.9. The first kappa shape index (κ1) is 13.7. The summed E-state index contributed by atoms with van der Waals surface area (Å²) in [7, 11) is 0. The maximum Gasteiger partial charge on any atom is 0.103 e. The van der Waals surface area contributed by atoms with Gasteiger partial charge in [-0.15, -0.1) is 0 Å². The van der Waals surface area contributed by atoms with Gasteiger partial charge in [0.25, 0.3) is 0 Å². The van der Waals surface area contributed by atoms with E-state index in [1.165, 1.54) is 5.56 Å². The summed E-state index contributed by atoms with van der Waals surface area (Å²) >= 11 is 4.92. The van der Waals surface area contributed by atoms with E-state index in [4.69, 9.17) is 22.7 Å². The molecule has 0 aliphatic heterocycles. The third kappa shape index (κ3) is 3.88. The van der Waals surface area contributed by atoms with Crippen molar-refractivity contribution >= 4 is 17.2 Å². The highest BCUT2D eigenvalue weighted by atomic mass is 32.1. The Kier molecular flexibility index (Phi) is 4.66. The van der Waals surface area contributed by atoms with Crippen molar-refractivity contribution in [3.63, 3.8) is 0 Å². The van der Waals surface area contributed by atoms with Crippen LogP contribution in [-0.2, 0) is 11.3 Å². The van der Waals surface area contributed by atoms with Crippen molar-refractivity contribution in [2.75, 3.05) is 0 Å². The SMILES string of the molecule is CC(OCc1ccc(C(N)=S)cc1)c1ccccc1. The van der Waals surface area contributed by atoms with E-state index in [9.17, 15) is 0 Å². The molecule has 0 aliphatic rings. The van der Waals surface area contributed by atoms with Gasteiger partial charge in [-0.3, -0.25) is 0 Å². The third-order valence-electron chi connectivity index (χ3n) is 3.01. The number of thiocarbonyl (C=S) groups is 1. The Labute approximate surface area is 119 Å². The molecule has 0 radical (unpaired) electrons. The smallest absolute Gasteiger partial charge is 0.103 e. The van der Waals surface area contributed by atoms with Crippen LogP contribution in [0.3, 0.4) is 0 Å². The van der Waals surface area contributed by atoms with Crippen LogP contribution in [0, 0.1) is 0 Å². The van der Waals surface area contributed by atoms with Crippen molar-refractivity contribution in [1.82, 2.24) is 0 Å². The number of rotatable bonds is 5. The van der Waals surface area contributed by atoms with Gasteiger partial charge in [-0.2, -0.15) is 0 Å². The lowest BCUT2D eigenvalue weighted by molar-refractivity contribution is 0.0525. The number of hydrogen-bond donors (Lipinski definition) is 1. The van der Waals surface area contributed by atoms with Crippen LogP contribution in [0.5, 0.6) is 0 Å². The average Bonchev–Trinajstić information content (AvgIpc) is 2.46. The third-order valence-corrected chi connectivity index (χ3v) is 3.24. The van der Waals surface area contributed by atoms with Crippen LogP contribution in [0.1, 0.15) is 29.7 Å². The van der Waals surface area contributed by atoms with Gasteiger partial charge in [-0.1, -0.05) is 66.8 Å². The molecule has 2 rings (SSSR count). The highest BCUT2D eigenvalue weighted by Crippen LogP contribution is 2.18. The molecule has 0 amide bonds. The van der Waals surface area contributed by atoms with Crippen LogP contribution < -0.4 is 5.73 Å². The van der Waals surface area contributed by atoms with Crippen molar-refractivity contribution in [2.45, 2.75) is 19.6 Å². The van der Waals surface area contributed by atoms with Crippen molar-refractivity contribution in [3.05, 3.63) is 71.3 Å². The van der Waals surface area contributed by atoms with Gasteiger partial charge < -0.3 is 10.5 Å². The van der Waals surface area contributed by atoms with E-state index in [0.717, 1.165) is 11.1 Å². The molecule has 0 heterocycles. The minimum atomic E-state index is 0.0801. The second-order valence-electron chi connectivity index (χ2n) is 4.43. The summed E-state index contributed by atoms with van der Waals surface area (Å²) in [4.78, 5) is 0.421. The molecule has 0 aromatic heterocycles. The molecule has 0 aliphatic carbocycles. The topological polar surface area (TPSA) is 35.2 Å². The molecule has 2 aromatic rings. The van der Waals surface area contributed by atoms with Crippen LogP contribution in [0.4, 0.5) is 0 Å². The molecule has 0 saturated heterocycles. The van der Waals surface area contributed by atoms with Gasteiger partial charge >= 0.3 is 0 Å². The number of ether oxygens (including phenoxy) is 1. The van der Waals surface area contributed by atoms with Crippen molar-refractivity contribution in [1.29, 1.82) is 0 Å². The Morgan fingerprint density at radius 2 is 1.74 bits per heavy atom. The van der Waals surface area contributed by atoms with Gasteiger partial charge in [0.05, 0.1) is 12.7 Å². The summed E-state index contributed by atoms with van der Waals surface area (Å²) in [6.45, 7) is 2.63. The van der Waals surface area contributed by atoms with E-state index in [2.05, 4.69) is 19.1 Å². The van der Waals surface area contributed by atoms with E-state index in [1.54, 1.807) is 0 Å². The lowest BCUT2D eigenvalue weighted by Gasteiger charge is -2.13. The predicted molar refractivity (Wildman–Crippen MR) is 82.0 cm³/mol. The molecule has 0 fully saturated rings. The minimum Gasteiger partial charge on any atom is -0.389 e. The molecule has 3 heteroatoms. The standard InChI is InChI=1S/C16H17NOS/c1-12(14-5-3-2-4-6-14)18-11-13-7-9-15(10-8-13)16(17)19/h2-10,12H,11H2,1H3,(H2,17,19). The Morgan fingerprint density at radius 3 is 2.32 bits per heavy atom. The van der Waals surface area contributed by atoms with Gasteiger partial charge in [0.1, 0.15) is 4.99 Å². The van der Waals surface area contributed by atoms with Gasteiger partial charge in [0, 0.05) is 5.56 Å². The van der Waals surface area contributed by atoms with E-state index in [-0.39, 0.29) is 6.10 Å². The minimum absolute atomic E-state index is 0.0801. The second kappa shape index (κ2) is 6.45. The predicted octanol–water partition coefficient (Wildman–Crippen LogP) is 3.60. The molecule has 0 bridgehead atoms. The fourth-order valence-corrected chi connectivity index (χ4v) is 1.94. The largest absolute Gasteiger partial charge is 0.389 e. The molecule has 0 saturated carbocycles. The molecule has 1 unspecified atom stereocenters. The summed E-state index contributed by atoms with van der Waals surface area (Å²) in [6.07, 6.45) is 0.0801. The zero-order valence-corrected chi connectivity index (χ0v) is 11.7. The molecular formula is C16H17NOS. The maximum absolute atomic E-state index is 5.85. The van der Waals surface area contributed by atoms with Gasteiger partial charge in [-0.25, -0.2) is 0 Å². The zero-order chi connectivity index (χ0) is 13.7. The summed E-state index contributed by atoms with van der Waals surface area (Å²) in [6, 6.07) is 18.0. The Bertz CT molecular complexity index is 536. The molecule has 98 valence electrons. The van der Waals surface area contributed by atoms with E-state index in [1.807, 2.05) is 42.5 Å². The van der Waals surface area contributed by atoms with Crippen LogP contribution in [0.2, 0.25) is 0 Å². The van der Waals surface area contributed by atoms with Crippen LogP contribution in [0.15, 0.2) is 54.6 Å². The maximum atomic E-state index is 5.85. The number of nitrogens with two attached hydrogens (primary N) is 1. The normalized spacial score (nSPS) is 12.1. The molecule has 2 N–H and O–H groups in total. The van der Waals surface area contributed by atoms with Crippen molar-refractivity contribution in [3.8, 4) is 0 Å². The second-order valence-corrected chi connectivity index (χ2v) is 4.86. The van der Waals surface area contributed by atoms with Crippen LogP contribution >= 0.6 is 12.2 Å². The molecule has 1 atom stereocenters. The Balaban J connectivity index is 1.93. The Morgan fingerprint density at radius 1 is 1.11 bits per heavy atom. The molecule has 19 heavy (non-hydrogen) atoms. The number of hydrogen-bond acceptors (Lipinski definition) is 2. The molecule has 2 aromatic carbocycles. The van der Waals surface area contributed by atoms with Gasteiger partial charge in [0.15, 0.2) is 0 Å². The lowest BCUT2D eigenvalue weighted by atomic mass is 10.1. The first-order valence-corrected chi connectivity index (χ1v) is 6.63. The van der Waals surface area contributed by atoms with Crippen LogP contribution in [-0.4, -0.2) is 4.99 Å². The van der Waals surface area contributed by atoms with E-state index in [0.29, 0.717) is 11.6 Å². The summed E-state index contributed by atoms with van der Waals surface area (Å²) < 4.78 is 5.85. The summed E-state index contributed by atoms with van der Waals surface area (Å²) in [5.74, 6) is 0. The first-order valence-electron chi connectivity index (χ1n) is 6.22. The molecular weight excluding hydrogens is 254 g/mol. The highest BCUT2D eigenvalue weighted by Gasteiger charge is 2.05. The highest BCUT2D eigenvalue weighted by molar-refractivity contribution is 7.80. The fourth-order valence-electron chi connectivity index (χ4n) is 1.81. The van der Waals surface area contributed by atoms with Crippen LogP contribution in [0.25, 0.3) is 0 Å². The van der Waals surface area contributed by atoms with E-state index >= 15 is 0 Å². The van der Waals surface area contributed by atoms with Crippen molar-refractivity contribution < 1.29 is 4.74 Å². The van der Waals surface area contributed by atoms with Crippen molar-refractivity contribution in [2.24, 2.45) is 5.73 Å². The molecule has 2 nitrogen and oxygen atoms in total. The van der Waals surface area contributed by atoms with Gasteiger partial charge in [-0.05, 0) is 18.1 Å². The first-order chi connectivity index (χ1) is 9.16. The summed E-state index contributed by atoms with van der Waals surface area (Å²) in [5, 5.41) is 0. The molecule has 0 spiro atoms. The Hall–Kier alpha value is -1.71. The quantitative estimate of drug-likeness (QED) is 0.844. The average molecular weight is 271 g/mol. The monoisotopic (exact) mass is 271 g/mol. The van der Waals surface area contributed by atoms with E-state index < -0.39 is 0 Å². The summed E-state index contributed by atoms with van der Waals surface area (Å²) in [5.41, 5.74) is 8.74. The lowest BCUT2D eigenvalue weighted by Crippen LogP contribution is -2.09.